The minimum absolute atomic E-state index is 0.183. The van der Waals surface area contributed by atoms with Crippen molar-refractivity contribution in [3.05, 3.63) is 40.0 Å². The third-order valence-corrected chi connectivity index (χ3v) is 5.53. The van der Waals surface area contributed by atoms with Crippen molar-refractivity contribution in [2.75, 3.05) is 0 Å². The van der Waals surface area contributed by atoms with E-state index in [1.54, 1.807) is 11.3 Å². The molecule has 2 amide bonds. The molecular formula is C15H15N3O2S. The summed E-state index contributed by atoms with van der Waals surface area (Å²) < 4.78 is 1.94. The SMILES string of the molecule is NC(=O)C1NC(=O)c2c(sc3c2CCCC3)-n2cccc21. The molecule has 4 rings (SSSR count). The minimum atomic E-state index is -0.772. The van der Waals surface area contributed by atoms with Gasteiger partial charge in [-0.05, 0) is 43.4 Å². The van der Waals surface area contributed by atoms with E-state index in [1.807, 2.05) is 22.9 Å². The number of hydrogen-bond donors (Lipinski definition) is 2. The van der Waals surface area contributed by atoms with Gasteiger partial charge in [0, 0.05) is 11.1 Å². The number of nitrogens with zero attached hydrogens (tertiary/aromatic N) is 1. The summed E-state index contributed by atoms with van der Waals surface area (Å²) in [5.41, 5.74) is 8.07. The Hall–Kier alpha value is -2.08. The van der Waals surface area contributed by atoms with Crippen LogP contribution in [0.1, 0.15) is 45.4 Å². The zero-order valence-corrected chi connectivity index (χ0v) is 12.2. The van der Waals surface area contributed by atoms with Gasteiger partial charge in [-0.1, -0.05) is 0 Å². The molecular weight excluding hydrogens is 286 g/mol. The summed E-state index contributed by atoms with van der Waals surface area (Å²) in [4.78, 5) is 25.6. The van der Waals surface area contributed by atoms with Crippen molar-refractivity contribution < 1.29 is 9.59 Å². The van der Waals surface area contributed by atoms with Gasteiger partial charge in [0.15, 0.2) is 0 Å². The first-order valence-corrected chi connectivity index (χ1v) is 7.91. The molecule has 3 heterocycles. The normalized spacial score (nSPS) is 20.0. The van der Waals surface area contributed by atoms with Crippen LogP contribution in [0.3, 0.4) is 0 Å². The summed E-state index contributed by atoms with van der Waals surface area (Å²) >= 11 is 1.67. The number of hydrogen-bond acceptors (Lipinski definition) is 3. The quantitative estimate of drug-likeness (QED) is 0.841. The molecule has 2 aliphatic rings. The second-order valence-corrected chi connectivity index (χ2v) is 6.59. The van der Waals surface area contributed by atoms with Gasteiger partial charge in [0.25, 0.3) is 5.91 Å². The Balaban J connectivity index is 1.97. The highest BCUT2D eigenvalue weighted by molar-refractivity contribution is 7.15. The summed E-state index contributed by atoms with van der Waals surface area (Å²) in [7, 11) is 0. The van der Waals surface area contributed by atoms with Crippen LogP contribution in [0.5, 0.6) is 0 Å². The smallest absolute Gasteiger partial charge is 0.255 e. The van der Waals surface area contributed by atoms with E-state index >= 15 is 0 Å². The molecule has 2 aromatic rings. The van der Waals surface area contributed by atoms with Crippen LogP contribution in [0.2, 0.25) is 0 Å². The molecule has 3 N–H and O–H groups in total. The van der Waals surface area contributed by atoms with Crippen LogP contribution in [-0.4, -0.2) is 16.4 Å². The number of primary amides is 1. The Morgan fingerprint density at radius 3 is 3.00 bits per heavy atom. The van der Waals surface area contributed by atoms with E-state index in [0.717, 1.165) is 41.1 Å². The molecule has 0 saturated carbocycles. The van der Waals surface area contributed by atoms with Crippen LogP contribution in [0, 0.1) is 0 Å². The number of carbonyl (C=O) groups is 2. The molecule has 2 aromatic heterocycles. The predicted molar refractivity (Wildman–Crippen MR) is 79.7 cm³/mol. The molecule has 0 saturated heterocycles. The van der Waals surface area contributed by atoms with E-state index in [2.05, 4.69) is 5.32 Å². The second kappa shape index (κ2) is 4.46. The van der Waals surface area contributed by atoms with E-state index in [1.165, 1.54) is 11.3 Å². The highest BCUT2D eigenvalue weighted by Gasteiger charge is 2.34. The Bertz CT molecular complexity index is 759. The van der Waals surface area contributed by atoms with Crippen LogP contribution in [0.15, 0.2) is 18.3 Å². The predicted octanol–water partition coefficient (Wildman–Crippen LogP) is 1.69. The molecule has 5 nitrogen and oxygen atoms in total. The number of carbonyl (C=O) groups excluding carboxylic acids is 2. The highest BCUT2D eigenvalue weighted by atomic mass is 32.1. The summed E-state index contributed by atoms with van der Waals surface area (Å²) in [6, 6.07) is 2.95. The monoisotopic (exact) mass is 301 g/mol. The topological polar surface area (TPSA) is 77.1 Å². The summed E-state index contributed by atoms with van der Waals surface area (Å²) in [6.45, 7) is 0. The number of aryl methyl sites for hydroxylation is 1. The molecule has 1 aliphatic heterocycles. The van der Waals surface area contributed by atoms with Gasteiger partial charge in [-0.2, -0.15) is 0 Å². The molecule has 0 bridgehead atoms. The molecule has 108 valence electrons. The Morgan fingerprint density at radius 2 is 2.19 bits per heavy atom. The van der Waals surface area contributed by atoms with Crippen molar-refractivity contribution in [1.82, 2.24) is 9.88 Å². The lowest BCUT2D eigenvalue weighted by Gasteiger charge is -2.15. The Kier molecular flexibility index (Phi) is 2.68. The zero-order chi connectivity index (χ0) is 14.6. The number of rotatable bonds is 1. The molecule has 0 spiro atoms. The number of thiophene rings is 1. The van der Waals surface area contributed by atoms with Gasteiger partial charge in [0.1, 0.15) is 11.0 Å². The van der Waals surface area contributed by atoms with E-state index in [4.69, 9.17) is 5.73 Å². The molecule has 0 radical (unpaired) electrons. The lowest BCUT2D eigenvalue weighted by Crippen LogP contribution is -2.37. The number of aromatic nitrogens is 1. The van der Waals surface area contributed by atoms with E-state index in [0.29, 0.717) is 0 Å². The minimum Gasteiger partial charge on any atom is -0.368 e. The van der Waals surface area contributed by atoms with Crippen LogP contribution in [0.25, 0.3) is 5.00 Å². The first-order valence-electron chi connectivity index (χ1n) is 7.09. The maximum Gasteiger partial charge on any atom is 0.255 e. The first-order chi connectivity index (χ1) is 10.2. The van der Waals surface area contributed by atoms with Gasteiger partial charge in [-0.3, -0.25) is 9.59 Å². The van der Waals surface area contributed by atoms with Gasteiger partial charge < -0.3 is 15.6 Å². The Morgan fingerprint density at radius 1 is 1.38 bits per heavy atom. The van der Waals surface area contributed by atoms with Crippen LogP contribution in [-0.2, 0) is 17.6 Å². The standard InChI is InChI=1S/C15H15N3O2S/c16-13(19)12-9-5-3-7-18(9)15-11(14(20)17-12)8-4-1-2-6-10(8)21-15/h3,5,7,12H,1-2,4,6H2,(H2,16,19)(H,17,20). The van der Waals surface area contributed by atoms with Crippen molar-refractivity contribution in [3.8, 4) is 5.00 Å². The van der Waals surface area contributed by atoms with Crippen molar-refractivity contribution in [2.24, 2.45) is 5.73 Å². The largest absolute Gasteiger partial charge is 0.368 e. The molecule has 1 unspecified atom stereocenters. The van der Waals surface area contributed by atoms with E-state index < -0.39 is 11.9 Å². The lowest BCUT2D eigenvalue weighted by molar-refractivity contribution is -0.120. The van der Waals surface area contributed by atoms with E-state index in [-0.39, 0.29) is 5.91 Å². The van der Waals surface area contributed by atoms with Crippen molar-refractivity contribution in [1.29, 1.82) is 0 Å². The van der Waals surface area contributed by atoms with Crippen molar-refractivity contribution in [2.45, 2.75) is 31.7 Å². The third-order valence-electron chi connectivity index (χ3n) is 4.23. The molecule has 6 heteroatoms. The maximum atomic E-state index is 12.6. The molecule has 0 aromatic carbocycles. The molecule has 1 aliphatic carbocycles. The van der Waals surface area contributed by atoms with Crippen LogP contribution in [0.4, 0.5) is 0 Å². The lowest BCUT2D eigenvalue weighted by atomic mass is 9.95. The fraction of sp³-hybridized carbons (Fsp3) is 0.333. The maximum absolute atomic E-state index is 12.6. The highest BCUT2D eigenvalue weighted by Crippen LogP contribution is 2.39. The number of nitrogens with one attached hydrogen (secondary N) is 1. The first kappa shape index (κ1) is 12.6. The summed E-state index contributed by atoms with van der Waals surface area (Å²) in [5, 5.41) is 3.70. The number of nitrogens with two attached hydrogens (primary N) is 1. The molecule has 0 fully saturated rings. The average Bonchev–Trinajstić information content (AvgIpc) is 3.05. The fourth-order valence-corrected chi connectivity index (χ4v) is 4.65. The molecule has 1 atom stereocenters. The fourth-order valence-electron chi connectivity index (χ4n) is 3.26. The van der Waals surface area contributed by atoms with Crippen molar-refractivity contribution in [3.63, 3.8) is 0 Å². The zero-order valence-electron chi connectivity index (χ0n) is 11.4. The number of amides is 2. The molecule has 21 heavy (non-hydrogen) atoms. The van der Waals surface area contributed by atoms with Gasteiger partial charge in [-0.15, -0.1) is 11.3 Å². The summed E-state index contributed by atoms with van der Waals surface area (Å²) in [5.74, 6) is -0.718. The van der Waals surface area contributed by atoms with Crippen LogP contribution < -0.4 is 11.1 Å². The van der Waals surface area contributed by atoms with Gasteiger partial charge >= 0.3 is 0 Å². The van der Waals surface area contributed by atoms with Crippen molar-refractivity contribution >= 4 is 23.2 Å². The van der Waals surface area contributed by atoms with Gasteiger partial charge in [-0.25, -0.2) is 0 Å². The van der Waals surface area contributed by atoms with Gasteiger partial charge in [0.2, 0.25) is 5.91 Å². The van der Waals surface area contributed by atoms with Crippen LogP contribution >= 0.6 is 11.3 Å². The summed E-state index contributed by atoms with van der Waals surface area (Å²) in [6.07, 6.45) is 6.16. The van der Waals surface area contributed by atoms with Gasteiger partial charge in [0.05, 0.1) is 11.3 Å². The average molecular weight is 301 g/mol. The second-order valence-electron chi connectivity index (χ2n) is 5.50. The Labute approximate surface area is 125 Å². The third kappa shape index (κ3) is 1.75. The van der Waals surface area contributed by atoms with E-state index in [9.17, 15) is 9.59 Å². The number of fused-ring (bicyclic) bond motifs is 5.